The third-order valence-corrected chi connectivity index (χ3v) is 3.81. The molecule has 0 radical (unpaired) electrons. The van der Waals surface area contributed by atoms with Gasteiger partial charge in [-0.2, -0.15) is 0 Å². The van der Waals surface area contributed by atoms with Crippen LogP contribution in [-0.2, 0) is 4.79 Å². The number of benzene rings is 1. The number of aryl methyl sites for hydroxylation is 1. The molecule has 0 aliphatic carbocycles. The first-order chi connectivity index (χ1) is 12.9. The molecule has 1 aromatic heterocycles. The van der Waals surface area contributed by atoms with Crippen LogP contribution in [0.5, 0.6) is 0 Å². The highest BCUT2D eigenvalue weighted by Crippen LogP contribution is 2.19. The molecule has 7 heteroatoms. The van der Waals surface area contributed by atoms with Crippen molar-refractivity contribution in [3.05, 3.63) is 41.9 Å². The van der Waals surface area contributed by atoms with Gasteiger partial charge in [-0.3, -0.25) is 9.59 Å². The van der Waals surface area contributed by atoms with Crippen molar-refractivity contribution in [3.8, 4) is 0 Å². The van der Waals surface area contributed by atoms with Crippen molar-refractivity contribution >= 4 is 29.0 Å². The second kappa shape index (κ2) is 9.66. The Morgan fingerprint density at radius 2 is 1.59 bits per heavy atom. The normalized spacial score (nSPS) is 10.4. The van der Waals surface area contributed by atoms with Gasteiger partial charge in [-0.25, -0.2) is 9.97 Å². The average Bonchev–Trinajstić information content (AvgIpc) is 2.61. The molecule has 0 bridgehead atoms. The van der Waals surface area contributed by atoms with Gasteiger partial charge in [0.05, 0.1) is 0 Å². The number of rotatable bonds is 8. The quantitative estimate of drug-likeness (QED) is 0.740. The van der Waals surface area contributed by atoms with Crippen LogP contribution in [0.15, 0.2) is 30.3 Å². The zero-order chi connectivity index (χ0) is 19.8. The molecule has 0 spiro atoms. The zero-order valence-corrected chi connectivity index (χ0v) is 16.4. The second-order valence-corrected chi connectivity index (χ2v) is 6.36. The van der Waals surface area contributed by atoms with Crippen LogP contribution >= 0.6 is 0 Å². The molecule has 144 valence electrons. The van der Waals surface area contributed by atoms with E-state index in [4.69, 9.17) is 0 Å². The van der Waals surface area contributed by atoms with Gasteiger partial charge in [-0.15, -0.1) is 0 Å². The molecule has 0 unspecified atom stereocenters. The highest BCUT2D eigenvalue weighted by Gasteiger charge is 2.17. The minimum atomic E-state index is -0.117. The summed E-state index contributed by atoms with van der Waals surface area (Å²) in [6.07, 6.45) is 1.81. The summed E-state index contributed by atoms with van der Waals surface area (Å²) in [5.41, 5.74) is 1.92. The topological polar surface area (TPSA) is 87.2 Å². The standard InChI is InChI=1S/C20H27N5O2/c1-5-11-25(12-6-2)20(27)18-13-19(22-14(3)21-18)24-17-9-7-16(8-10-17)23-15(4)26/h7-10,13H,5-6,11-12H2,1-4H3,(H,23,26)(H,21,22,24). The van der Waals surface area contributed by atoms with Gasteiger partial charge in [0, 0.05) is 37.5 Å². The third-order valence-electron chi connectivity index (χ3n) is 3.81. The molecule has 1 heterocycles. The third kappa shape index (κ3) is 6.06. The summed E-state index contributed by atoms with van der Waals surface area (Å²) >= 11 is 0. The lowest BCUT2D eigenvalue weighted by atomic mass is 10.2. The number of hydrogen-bond acceptors (Lipinski definition) is 5. The molecule has 0 saturated carbocycles. The molecule has 1 aromatic carbocycles. The summed E-state index contributed by atoms with van der Waals surface area (Å²) in [6.45, 7) is 8.77. The number of hydrogen-bond donors (Lipinski definition) is 2. The first kappa shape index (κ1) is 20.4. The average molecular weight is 369 g/mol. The van der Waals surface area contributed by atoms with Crippen LogP contribution in [0.3, 0.4) is 0 Å². The van der Waals surface area contributed by atoms with E-state index < -0.39 is 0 Å². The Labute approximate surface area is 160 Å². The molecule has 2 N–H and O–H groups in total. The summed E-state index contributed by atoms with van der Waals surface area (Å²) in [4.78, 5) is 34.4. The van der Waals surface area contributed by atoms with Crippen molar-refractivity contribution in [1.82, 2.24) is 14.9 Å². The molecule has 2 aromatic rings. The maximum absolute atomic E-state index is 12.8. The predicted octanol–water partition coefficient (Wildman–Crippen LogP) is 3.75. The molecule has 0 saturated heterocycles. The molecule has 2 rings (SSSR count). The van der Waals surface area contributed by atoms with Crippen LogP contribution in [0, 0.1) is 6.92 Å². The van der Waals surface area contributed by atoms with Gasteiger partial charge in [0.1, 0.15) is 17.3 Å². The first-order valence-electron chi connectivity index (χ1n) is 9.22. The van der Waals surface area contributed by atoms with Crippen LogP contribution in [0.25, 0.3) is 0 Å². The molecule has 0 aliphatic rings. The van der Waals surface area contributed by atoms with E-state index >= 15 is 0 Å². The van der Waals surface area contributed by atoms with E-state index in [2.05, 4.69) is 34.4 Å². The maximum atomic E-state index is 12.8. The van der Waals surface area contributed by atoms with Crippen LogP contribution in [-0.4, -0.2) is 39.8 Å². The van der Waals surface area contributed by atoms with Crippen LogP contribution < -0.4 is 10.6 Å². The van der Waals surface area contributed by atoms with Crippen molar-refractivity contribution in [2.24, 2.45) is 0 Å². The second-order valence-electron chi connectivity index (χ2n) is 6.36. The maximum Gasteiger partial charge on any atom is 0.272 e. The molecule has 27 heavy (non-hydrogen) atoms. The van der Waals surface area contributed by atoms with E-state index in [0.29, 0.717) is 30.4 Å². The van der Waals surface area contributed by atoms with Gasteiger partial charge in [0.2, 0.25) is 5.91 Å². The van der Waals surface area contributed by atoms with E-state index in [-0.39, 0.29) is 11.8 Å². The predicted molar refractivity (Wildman–Crippen MR) is 107 cm³/mol. The number of amides is 2. The largest absolute Gasteiger partial charge is 0.340 e. The summed E-state index contributed by atoms with van der Waals surface area (Å²) in [7, 11) is 0. The van der Waals surface area contributed by atoms with Crippen molar-refractivity contribution < 1.29 is 9.59 Å². The minimum absolute atomic E-state index is 0.0757. The Kier molecular flexibility index (Phi) is 7.28. The Hall–Kier alpha value is -2.96. The molecular weight excluding hydrogens is 342 g/mol. The number of nitrogens with zero attached hydrogens (tertiary/aromatic N) is 3. The fraction of sp³-hybridized carbons (Fsp3) is 0.400. The Morgan fingerprint density at radius 3 is 2.15 bits per heavy atom. The smallest absolute Gasteiger partial charge is 0.272 e. The van der Waals surface area contributed by atoms with Gasteiger partial charge in [-0.05, 0) is 44.0 Å². The number of anilines is 3. The summed E-state index contributed by atoms with van der Waals surface area (Å²) in [6, 6.07) is 8.95. The van der Waals surface area contributed by atoms with Crippen molar-refractivity contribution in [1.29, 1.82) is 0 Å². The Balaban J connectivity index is 2.18. The highest BCUT2D eigenvalue weighted by atomic mass is 16.2. The lowest BCUT2D eigenvalue weighted by Crippen LogP contribution is -2.33. The number of carbonyl (C=O) groups excluding carboxylic acids is 2. The van der Waals surface area contributed by atoms with Crippen molar-refractivity contribution in [2.45, 2.75) is 40.5 Å². The summed E-state index contributed by atoms with van der Waals surface area (Å²) in [5.74, 6) is 0.902. The number of carbonyl (C=O) groups is 2. The van der Waals surface area contributed by atoms with Gasteiger partial charge < -0.3 is 15.5 Å². The van der Waals surface area contributed by atoms with E-state index in [1.54, 1.807) is 25.1 Å². The number of nitrogens with one attached hydrogen (secondary N) is 2. The zero-order valence-electron chi connectivity index (χ0n) is 16.4. The highest BCUT2D eigenvalue weighted by molar-refractivity contribution is 5.93. The summed E-state index contributed by atoms with van der Waals surface area (Å²) < 4.78 is 0. The van der Waals surface area contributed by atoms with Gasteiger partial charge >= 0.3 is 0 Å². The van der Waals surface area contributed by atoms with Crippen LogP contribution in [0.2, 0.25) is 0 Å². The van der Waals surface area contributed by atoms with E-state index in [1.165, 1.54) is 6.92 Å². The first-order valence-corrected chi connectivity index (χ1v) is 9.22. The molecule has 2 amide bonds. The van der Waals surface area contributed by atoms with Gasteiger partial charge in [0.25, 0.3) is 5.91 Å². The van der Waals surface area contributed by atoms with E-state index in [1.807, 2.05) is 17.0 Å². The van der Waals surface area contributed by atoms with E-state index in [0.717, 1.165) is 24.2 Å². The Bertz CT molecular complexity index is 783. The Morgan fingerprint density at radius 1 is 1.00 bits per heavy atom. The monoisotopic (exact) mass is 369 g/mol. The number of aromatic nitrogens is 2. The fourth-order valence-corrected chi connectivity index (χ4v) is 2.75. The van der Waals surface area contributed by atoms with Crippen molar-refractivity contribution in [2.75, 3.05) is 23.7 Å². The van der Waals surface area contributed by atoms with E-state index in [9.17, 15) is 9.59 Å². The lowest BCUT2D eigenvalue weighted by Gasteiger charge is -2.21. The molecular formula is C20H27N5O2. The molecule has 0 fully saturated rings. The lowest BCUT2D eigenvalue weighted by molar-refractivity contribution is -0.114. The van der Waals surface area contributed by atoms with Crippen LogP contribution in [0.1, 0.15) is 49.9 Å². The molecule has 0 aliphatic heterocycles. The minimum Gasteiger partial charge on any atom is -0.340 e. The van der Waals surface area contributed by atoms with Gasteiger partial charge in [0.15, 0.2) is 0 Å². The van der Waals surface area contributed by atoms with Crippen LogP contribution in [0.4, 0.5) is 17.2 Å². The van der Waals surface area contributed by atoms with Gasteiger partial charge in [-0.1, -0.05) is 13.8 Å². The SMILES string of the molecule is CCCN(CCC)C(=O)c1cc(Nc2ccc(NC(C)=O)cc2)nc(C)n1. The summed E-state index contributed by atoms with van der Waals surface area (Å²) in [5, 5.41) is 5.91. The van der Waals surface area contributed by atoms with Crippen molar-refractivity contribution in [3.63, 3.8) is 0 Å². The fourth-order valence-electron chi connectivity index (χ4n) is 2.75. The molecule has 7 nitrogen and oxygen atoms in total. The molecule has 0 atom stereocenters.